The normalized spacial score (nSPS) is 10.8. The maximum Gasteiger partial charge on any atom is 0.0650 e. The molecule has 0 aliphatic carbocycles. The average Bonchev–Trinajstić information content (AvgIpc) is 2.44. The van der Waals surface area contributed by atoms with Gasteiger partial charge in [-0.05, 0) is 12.1 Å². The Labute approximate surface area is 76.7 Å². The summed E-state index contributed by atoms with van der Waals surface area (Å²) in [5.74, 6) is 0. The molecule has 1 heterocycles. The fourth-order valence-corrected chi connectivity index (χ4v) is 1.64. The number of nitrogens with zero attached hydrogens (tertiary/aromatic N) is 1. The molecule has 2 heteroatoms. The van der Waals surface area contributed by atoms with Gasteiger partial charge in [0.25, 0.3) is 0 Å². The maximum atomic E-state index is 6.04. The van der Waals surface area contributed by atoms with Crippen LogP contribution in [0.1, 0.15) is 12.6 Å². The minimum Gasteiger partial charge on any atom is -0.257 e. The van der Waals surface area contributed by atoms with Gasteiger partial charge in [-0.25, -0.2) is 0 Å². The Hall–Kier alpha value is -0.950. The maximum absolute atomic E-state index is 6.04. The lowest BCUT2D eigenvalue weighted by Gasteiger charge is -1.95. The van der Waals surface area contributed by atoms with Crippen molar-refractivity contribution in [3.05, 3.63) is 42.4 Å². The molecule has 12 heavy (non-hydrogen) atoms. The van der Waals surface area contributed by atoms with Gasteiger partial charge in [-0.3, -0.25) is 4.09 Å². The van der Waals surface area contributed by atoms with Crippen LogP contribution < -0.4 is 0 Å². The number of aromatic nitrogens is 1. The minimum atomic E-state index is 1.04. The first-order valence-electron chi connectivity index (χ1n) is 3.89. The van der Waals surface area contributed by atoms with E-state index in [0.717, 1.165) is 11.2 Å². The number of fused-ring (bicyclic) bond motifs is 1. The summed E-state index contributed by atoms with van der Waals surface area (Å²) in [4.78, 5) is 0. The molecule has 0 aliphatic heterocycles. The fourth-order valence-electron chi connectivity index (χ4n) is 1.34. The van der Waals surface area contributed by atoms with Gasteiger partial charge >= 0.3 is 0 Å². The van der Waals surface area contributed by atoms with Crippen LogP contribution in [-0.2, 0) is 0 Å². The molecule has 0 N–H and O–H groups in total. The van der Waals surface area contributed by atoms with Gasteiger partial charge in [-0.2, -0.15) is 0 Å². The lowest BCUT2D eigenvalue weighted by Crippen LogP contribution is -1.84. The van der Waals surface area contributed by atoms with Crippen LogP contribution in [0.3, 0.4) is 0 Å². The lowest BCUT2D eigenvalue weighted by molar-refractivity contribution is 1.20. The quantitative estimate of drug-likeness (QED) is 0.632. The third-order valence-corrected chi connectivity index (χ3v) is 2.35. The van der Waals surface area contributed by atoms with Crippen molar-refractivity contribution in [3.63, 3.8) is 0 Å². The van der Waals surface area contributed by atoms with Crippen molar-refractivity contribution in [2.75, 3.05) is 0 Å². The van der Waals surface area contributed by atoms with Gasteiger partial charge in [0.1, 0.15) is 0 Å². The van der Waals surface area contributed by atoms with E-state index < -0.39 is 0 Å². The molecular weight excluding hydrogens is 170 g/mol. The van der Waals surface area contributed by atoms with Gasteiger partial charge in [-0.1, -0.05) is 25.1 Å². The standard InChI is InChI=1S/C10H9ClN/c1-2-9-7-8-5-3-4-6-10(8)12(9)11/h2-7H,1H3. The largest absolute Gasteiger partial charge is 0.257 e. The van der Waals surface area contributed by atoms with Crippen LogP contribution in [0.25, 0.3) is 10.9 Å². The lowest BCUT2D eigenvalue weighted by atomic mass is 10.2. The Balaban J connectivity index is 2.78. The van der Waals surface area contributed by atoms with E-state index in [1.807, 2.05) is 31.5 Å². The highest BCUT2D eigenvalue weighted by Gasteiger charge is 2.03. The van der Waals surface area contributed by atoms with Crippen LogP contribution in [0.5, 0.6) is 0 Å². The predicted octanol–water partition coefficient (Wildman–Crippen LogP) is 3.22. The Morgan fingerprint density at radius 1 is 1.33 bits per heavy atom. The zero-order chi connectivity index (χ0) is 8.55. The molecule has 0 spiro atoms. The van der Waals surface area contributed by atoms with Crippen molar-refractivity contribution in [1.82, 2.24) is 4.09 Å². The molecular formula is C10H9ClN. The molecule has 2 rings (SSSR count). The molecule has 1 radical (unpaired) electrons. The first-order valence-corrected chi connectivity index (χ1v) is 4.23. The second kappa shape index (κ2) is 2.83. The second-order valence-corrected chi connectivity index (χ2v) is 3.04. The number of halogens is 1. The third kappa shape index (κ3) is 1.01. The van der Waals surface area contributed by atoms with Crippen LogP contribution in [0.15, 0.2) is 30.3 Å². The molecule has 1 nitrogen and oxygen atoms in total. The Bertz CT molecular complexity index is 403. The van der Waals surface area contributed by atoms with E-state index in [4.69, 9.17) is 11.8 Å². The Kier molecular flexibility index (Phi) is 1.81. The highest BCUT2D eigenvalue weighted by atomic mass is 35.5. The number of hydrogen-bond donors (Lipinski definition) is 0. The molecule has 2 aromatic rings. The topological polar surface area (TPSA) is 4.93 Å². The van der Waals surface area contributed by atoms with E-state index in [-0.39, 0.29) is 0 Å². The molecule has 0 saturated carbocycles. The zero-order valence-corrected chi connectivity index (χ0v) is 7.55. The summed E-state index contributed by atoms with van der Waals surface area (Å²) in [6.45, 7) is 1.98. The van der Waals surface area contributed by atoms with E-state index in [1.54, 1.807) is 4.09 Å². The summed E-state index contributed by atoms with van der Waals surface area (Å²) >= 11 is 6.04. The molecule has 0 bridgehead atoms. The first kappa shape index (κ1) is 7.69. The van der Waals surface area contributed by atoms with E-state index in [0.29, 0.717) is 0 Å². The first-order chi connectivity index (χ1) is 5.83. The van der Waals surface area contributed by atoms with Crippen molar-refractivity contribution < 1.29 is 0 Å². The summed E-state index contributed by atoms with van der Waals surface area (Å²) < 4.78 is 1.68. The number of rotatable bonds is 1. The molecule has 1 aromatic heterocycles. The van der Waals surface area contributed by atoms with Gasteiger partial charge in [-0.15, -0.1) is 0 Å². The van der Waals surface area contributed by atoms with Gasteiger partial charge < -0.3 is 0 Å². The highest BCUT2D eigenvalue weighted by Crippen LogP contribution is 2.21. The summed E-state index contributed by atoms with van der Waals surface area (Å²) in [6.07, 6.45) is 1.99. The minimum absolute atomic E-state index is 1.04. The Morgan fingerprint density at radius 2 is 2.08 bits per heavy atom. The molecule has 61 valence electrons. The summed E-state index contributed by atoms with van der Waals surface area (Å²) in [6, 6.07) is 10.1. The van der Waals surface area contributed by atoms with Crippen LogP contribution in [0.4, 0.5) is 0 Å². The molecule has 0 amide bonds. The van der Waals surface area contributed by atoms with E-state index in [9.17, 15) is 0 Å². The van der Waals surface area contributed by atoms with E-state index in [2.05, 4.69) is 12.1 Å². The van der Waals surface area contributed by atoms with Crippen molar-refractivity contribution in [2.45, 2.75) is 6.92 Å². The van der Waals surface area contributed by atoms with E-state index >= 15 is 0 Å². The fraction of sp³-hybridized carbons (Fsp3) is 0.100. The zero-order valence-electron chi connectivity index (χ0n) is 6.79. The summed E-state index contributed by atoms with van der Waals surface area (Å²) in [7, 11) is 0. The van der Waals surface area contributed by atoms with Gasteiger partial charge in [0.15, 0.2) is 0 Å². The molecule has 0 fully saturated rings. The summed E-state index contributed by atoms with van der Waals surface area (Å²) in [5, 5.41) is 1.18. The number of hydrogen-bond acceptors (Lipinski definition) is 0. The number of para-hydroxylation sites is 1. The van der Waals surface area contributed by atoms with Crippen LogP contribution in [0, 0.1) is 6.42 Å². The van der Waals surface area contributed by atoms with Gasteiger partial charge in [0.2, 0.25) is 0 Å². The molecule has 1 aromatic carbocycles. The van der Waals surface area contributed by atoms with E-state index in [1.165, 1.54) is 5.39 Å². The van der Waals surface area contributed by atoms with Crippen molar-refractivity contribution in [2.24, 2.45) is 0 Å². The molecule has 0 unspecified atom stereocenters. The van der Waals surface area contributed by atoms with Gasteiger partial charge in [0.05, 0.1) is 5.52 Å². The molecule has 0 saturated heterocycles. The van der Waals surface area contributed by atoms with Crippen LogP contribution in [-0.4, -0.2) is 4.09 Å². The smallest absolute Gasteiger partial charge is 0.0650 e. The average molecular weight is 179 g/mol. The third-order valence-electron chi connectivity index (χ3n) is 1.97. The predicted molar refractivity (Wildman–Crippen MR) is 52.3 cm³/mol. The van der Waals surface area contributed by atoms with Crippen LogP contribution in [0.2, 0.25) is 0 Å². The monoisotopic (exact) mass is 178 g/mol. The Morgan fingerprint density at radius 3 is 2.75 bits per heavy atom. The highest BCUT2D eigenvalue weighted by molar-refractivity contribution is 6.19. The molecule has 0 aliphatic rings. The summed E-state index contributed by atoms with van der Waals surface area (Å²) in [5.41, 5.74) is 2.10. The van der Waals surface area contributed by atoms with Crippen molar-refractivity contribution >= 4 is 22.7 Å². The number of benzene rings is 1. The van der Waals surface area contributed by atoms with Crippen molar-refractivity contribution in [3.8, 4) is 0 Å². The van der Waals surface area contributed by atoms with Crippen molar-refractivity contribution in [1.29, 1.82) is 0 Å². The molecule has 0 atom stereocenters. The SMILES string of the molecule is C[CH]c1cc2ccccc2n1Cl. The second-order valence-electron chi connectivity index (χ2n) is 2.70. The van der Waals surface area contributed by atoms with Crippen LogP contribution >= 0.6 is 11.8 Å². The van der Waals surface area contributed by atoms with Gasteiger partial charge in [0, 0.05) is 29.3 Å².